The van der Waals surface area contributed by atoms with Crippen molar-refractivity contribution in [1.82, 2.24) is 15.6 Å². The van der Waals surface area contributed by atoms with Crippen molar-refractivity contribution in [2.45, 2.75) is 45.1 Å². The first-order valence-corrected chi connectivity index (χ1v) is 7.62. The van der Waals surface area contributed by atoms with Gasteiger partial charge in [-0.1, -0.05) is 6.92 Å². The van der Waals surface area contributed by atoms with Gasteiger partial charge in [0.25, 0.3) is 0 Å². The van der Waals surface area contributed by atoms with Crippen LogP contribution in [0, 0.1) is 0 Å². The summed E-state index contributed by atoms with van der Waals surface area (Å²) in [6.07, 6.45) is 3.36. The van der Waals surface area contributed by atoms with Crippen LogP contribution in [0.5, 0.6) is 0 Å². The number of thiazole rings is 1. The Kier molecular flexibility index (Phi) is 7.38. The van der Waals surface area contributed by atoms with Gasteiger partial charge in [0, 0.05) is 24.4 Å². The topological polar surface area (TPSA) is 108 Å². The lowest BCUT2D eigenvalue weighted by Crippen LogP contribution is -2.41. The smallest absolute Gasteiger partial charge is 0.321 e. The summed E-state index contributed by atoms with van der Waals surface area (Å²) in [5.74, 6) is -1.30. The first-order chi connectivity index (χ1) is 10.0. The van der Waals surface area contributed by atoms with E-state index in [4.69, 9.17) is 5.11 Å². The molecule has 0 saturated heterocycles. The van der Waals surface area contributed by atoms with E-state index in [-0.39, 0.29) is 18.9 Å². The second-order valence-corrected chi connectivity index (χ2v) is 5.38. The number of carboxylic acid groups (broad SMARTS) is 1. The van der Waals surface area contributed by atoms with Gasteiger partial charge in [0.2, 0.25) is 5.91 Å². The summed E-state index contributed by atoms with van der Waals surface area (Å²) in [6, 6.07) is -0.773. The molecule has 0 aliphatic carbocycles. The zero-order valence-corrected chi connectivity index (χ0v) is 12.6. The minimum Gasteiger partial charge on any atom is -0.481 e. The number of carbonyl (C=O) groups excluding carboxylic acids is 2. The fourth-order valence-electron chi connectivity index (χ4n) is 1.69. The van der Waals surface area contributed by atoms with Crippen LogP contribution in [0.1, 0.15) is 50.1 Å². The molecule has 21 heavy (non-hydrogen) atoms. The molecule has 0 radical (unpaired) electrons. The zero-order valence-electron chi connectivity index (χ0n) is 11.8. The Bertz CT molecular complexity index is 476. The van der Waals surface area contributed by atoms with Gasteiger partial charge in [-0.15, -0.1) is 11.3 Å². The fraction of sp³-hybridized carbons (Fsp3) is 0.538. The molecule has 0 saturated carbocycles. The van der Waals surface area contributed by atoms with Crippen molar-refractivity contribution in [1.29, 1.82) is 0 Å². The first kappa shape index (κ1) is 17.1. The maximum absolute atomic E-state index is 11.7. The number of urea groups is 1. The number of aromatic nitrogens is 1. The third kappa shape index (κ3) is 6.84. The Morgan fingerprint density at radius 2 is 2.05 bits per heavy atom. The molecule has 1 aromatic heterocycles. The van der Waals surface area contributed by atoms with Crippen molar-refractivity contribution in [2.75, 3.05) is 0 Å². The van der Waals surface area contributed by atoms with Gasteiger partial charge in [-0.05, 0) is 19.3 Å². The predicted molar refractivity (Wildman–Crippen MR) is 77.9 cm³/mol. The van der Waals surface area contributed by atoms with Crippen molar-refractivity contribution in [2.24, 2.45) is 0 Å². The molecule has 1 heterocycles. The van der Waals surface area contributed by atoms with Crippen molar-refractivity contribution >= 4 is 29.2 Å². The van der Waals surface area contributed by atoms with Gasteiger partial charge in [-0.2, -0.15) is 0 Å². The summed E-state index contributed by atoms with van der Waals surface area (Å²) < 4.78 is 0. The molecule has 0 spiro atoms. The number of carbonyl (C=O) groups is 3. The Morgan fingerprint density at radius 1 is 1.33 bits per heavy atom. The number of rotatable bonds is 8. The molecule has 1 aromatic rings. The number of unbranched alkanes of at least 4 members (excludes halogenated alkanes) is 1. The highest BCUT2D eigenvalue weighted by molar-refractivity contribution is 7.09. The molecule has 3 amide bonds. The zero-order chi connectivity index (χ0) is 15.7. The standard InChI is InChI=1S/C13H19N3O4S/c1-2-9(12-14-7-8-21-12)15-13(20)16-10(17)5-3-4-6-11(18)19/h7-9H,2-6H2,1H3,(H,18,19)(H2,15,16,17,20). The molecule has 1 unspecified atom stereocenters. The molecular weight excluding hydrogens is 294 g/mol. The van der Waals surface area contributed by atoms with E-state index < -0.39 is 17.9 Å². The number of imide groups is 1. The minimum atomic E-state index is -0.887. The number of aliphatic carboxylic acids is 1. The van der Waals surface area contributed by atoms with Crippen LogP contribution < -0.4 is 10.6 Å². The van der Waals surface area contributed by atoms with Crippen LogP contribution in [0.2, 0.25) is 0 Å². The normalized spacial score (nSPS) is 11.7. The molecule has 1 rings (SSSR count). The average Bonchev–Trinajstić information content (AvgIpc) is 2.94. The molecule has 0 aromatic carbocycles. The maximum Gasteiger partial charge on any atom is 0.321 e. The summed E-state index contributed by atoms with van der Waals surface area (Å²) in [5.41, 5.74) is 0. The van der Waals surface area contributed by atoms with Gasteiger partial charge < -0.3 is 10.4 Å². The number of amides is 3. The van der Waals surface area contributed by atoms with Crippen molar-refractivity contribution in [3.05, 3.63) is 16.6 Å². The van der Waals surface area contributed by atoms with E-state index >= 15 is 0 Å². The van der Waals surface area contributed by atoms with Crippen molar-refractivity contribution in [3.8, 4) is 0 Å². The molecule has 7 nitrogen and oxygen atoms in total. The van der Waals surface area contributed by atoms with E-state index in [9.17, 15) is 14.4 Å². The Morgan fingerprint density at radius 3 is 2.62 bits per heavy atom. The molecule has 1 atom stereocenters. The quantitative estimate of drug-likeness (QED) is 0.637. The lowest BCUT2D eigenvalue weighted by molar-refractivity contribution is -0.137. The molecule has 8 heteroatoms. The van der Waals surface area contributed by atoms with E-state index in [0.29, 0.717) is 19.3 Å². The highest BCUT2D eigenvalue weighted by Gasteiger charge is 2.16. The summed E-state index contributed by atoms with van der Waals surface area (Å²) in [6.45, 7) is 1.92. The van der Waals surface area contributed by atoms with Gasteiger partial charge in [0.05, 0.1) is 6.04 Å². The number of nitrogens with zero attached hydrogens (tertiary/aromatic N) is 1. The summed E-state index contributed by atoms with van der Waals surface area (Å²) in [4.78, 5) is 37.7. The number of nitrogens with one attached hydrogen (secondary N) is 2. The molecule has 0 aliphatic rings. The average molecular weight is 313 g/mol. The summed E-state index contributed by atoms with van der Waals surface area (Å²) in [7, 11) is 0. The lowest BCUT2D eigenvalue weighted by Gasteiger charge is -2.14. The predicted octanol–water partition coefficient (Wildman–Crippen LogP) is 2.06. The number of hydrogen-bond donors (Lipinski definition) is 3. The van der Waals surface area contributed by atoms with Gasteiger partial charge in [-0.3, -0.25) is 14.9 Å². The van der Waals surface area contributed by atoms with E-state index in [0.717, 1.165) is 5.01 Å². The number of hydrogen-bond acceptors (Lipinski definition) is 5. The maximum atomic E-state index is 11.7. The first-order valence-electron chi connectivity index (χ1n) is 6.74. The molecule has 0 fully saturated rings. The highest BCUT2D eigenvalue weighted by Crippen LogP contribution is 2.18. The van der Waals surface area contributed by atoms with Crippen molar-refractivity contribution < 1.29 is 19.5 Å². The SMILES string of the molecule is CCC(NC(=O)NC(=O)CCCCC(=O)O)c1nccs1. The minimum absolute atomic E-state index is 0.0292. The largest absolute Gasteiger partial charge is 0.481 e. The molecule has 0 bridgehead atoms. The van der Waals surface area contributed by atoms with Crippen LogP contribution in [0.3, 0.4) is 0 Å². The monoisotopic (exact) mass is 313 g/mol. The Labute approximate surface area is 126 Å². The molecule has 0 aliphatic heterocycles. The van der Waals surface area contributed by atoms with Crippen molar-refractivity contribution in [3.63, 3.8) is 0 Å². The van der Waals surface area contributed by atoms with Gasteiger partial charge in [0.15, 0.2) is 0 Å². The van der Waals surface area contributed by atoms with E-state index in [1.54, 1.807) is 6.20 Å². The second kappa shape index (κ2) is 9.06. The highest BCUT2D eigenvalue weighted by atomic mass is 32.1. The summed E-state index contributed by atoms with van der Waals surface area (Å²) >= 11 is 1.44. The lowest BCUT2D eigenvalue weighted by atomic mass is 10.2. The van der Waals surface area contributed by atoms with E-state index in [1.165, 1.54) is 11.3 Å². The Hall–Kier alpha value is -1.96. The van der Waals surface area contributed by atoms with E-state index in [1.807, 2.05) is 12.3 Å². The third-order valence-electron chi connectivity index (χ3n) is 2.76. The van der Waals surface area contributed by atoms with E-state index in [2.05, 4.69) is 15.6 Å². The second-order valence-electron chi connectivity index (χ2n) is 4.45. The third-order valence-corrected chi connectivity index (χ3v) is 3.65. The molecule has 116 valence electrons. The Balaban J connectivity index is 2.29. The summed E-state index contributed by atoms with van der Waals surface area (Å²) in [5, 5.41) is 16.0. The number of carboxylic acids is 1. The molecular formula is C13H19N3O4S. The van der Waals surface area contributed by atoms with Crippen LogP contribution in [-0.2, 0) is 9.59 Å². The van der Waals surface area contributed by atoms with Crippen LogP contribution in [0.4, 0.5) is 4.79 Å². The fourth-order valence-corrected chi connectivity index (χ4v) is 2.46. The van der Waals surface area contributed by atoms with Crippen LogP contribution in [0.25, 0.3) is 0 Å². The van der Waals surface area contributed by atoms with Gasteiger partial charge in [-0.25, -0.2) is 9.78 Å². The van der Waals surface area contributed by atoms with Crippen LogP contribution >= 0.6 is 11.3 Å². The van der Waals surface area contributed by atoms with Crippen LogP contribution in [-0.4, -0.2) is 28.0 Å². The van der Waals surface area contributed by atoms with Crippen LogP contribution in [0.15, 0.2) is 11.6 Å². The van der Waals surface area contributed by atoms with Gasteiger partial charge in [0.1, 0.15) is 5.01 Å². The van der Waals surface area contributed by atoms with Gasteiger partial charge >= 0.3 is 12.0 Å². The molecule has 3 N–H and O–H groups in total.